The molecule has 65 heavy (non-hydrogen) atoms. The largest absolute Gasteiger partial charge is 0.395 e. The number of nitrogens with zero attached hydrogens (tertiary/aromatic N) is 13. The molecule has 10 rings (SSSR count). The van der Waals surface area contributed by atoms with E-state index in [-0.39, 0.29) is 55.7 Å². The van der Waals surface area contributed by atoms with Gasteiger partial charge in [0.2, 0.25) is 0 Å². The zero-order valence-electron chi connectivity index (χ0n) is 35.5. The molecule has 0 amide bonds. The van der Waals surface area contributed by atoms with Gasteiger partial charge in [0.1, 0.15) is 32.3 Å². The molecule has 336 valence electrons. The van der Waals surface area contributed by atoms with E-state index in [1.807, 2.05) is 20.0 Å². The normalized spacial score (nSPS) is 14.6. The summed E-state index contributed by atoms with van der Waals surface area (Å²) in [6.07, 6.45) is 18.1. The highest BCUT2D eigenvalue weighted by molar-refractivity contribution is 7.18. The number of aliphatic hydroxyl groups excluding tert-OH is 1. The summed E-state index contributed by atoms with van der Waals surface area (Å²) in [5.74, 6) is 0.962. The van der Waals surface area contributed by atoms with Gasteiger partial charge in [0.25, 0.3) is 0 Å². The lowest BCUT2D eigenvalue weighted by Gasteiger charge is -2.23. The quantitative estimate of drug-likeness (QED) is 0.108. The molecule has 0 aliphatic heterocycles. The summed E-state index contributed by atoms with van der Waals surface area (Å²) in [4.78, 5) is 60.0. The number of ketones is 2. The predicted molar refractivity (Wildman–Crippen MR) is 252 cm³/mol. The number of carbonyl (C=O) groups is 2. The minimum absolute atomic E-state index is 0. The number of aliphatic hydroxyl groups is 1. The van der Waals surface area contributed by atoms with Gasteiger partial charge < -0.3 is 10.0 Å². The summed E-state index contributed by atoms with van der Waals surface area (Å²) in [7, 11) is 4.18. The smallest absolute Gasteiger partial charge is 0.193 e. The molecule has 0 bridgehead atoms. The SMILES string of the molecule is C.Cc1nc2c(C3(CN(C)C)CC3)c(CC(=O)Cc3cnc(-n4nccn4)c(Cl)c3)cnc2s1.Cc1nc2c(C3(CO)CC3)c(CC(=O)Cc3cnc(-n4nccn4)c(Cl)c3)cnc2s1. The number of fused-ring (bicyclic) bond motifs is 2. The van der Waals surface area contributed by atoms with E-state index in [2.05, 4.69) is 64.3 Å². The van der Waals surface area contributed by atoms with Crippen molar-refractivity contribution in [3.63, 3.8) is 0 Å². The molecule has 20 heteroatoms. The molecule has 0 aromatic carbocycles. The molecule has 8 aromatic rings. The lowest BCUT2D eigenvalue weighted by molar-refractivity contribution is -0.118. The Morgan fingerprint density at radius 1 is 0.662 bits per heavy atom. The minimum Gasteiger partial charge on any atom is -0.395 e. The minimum atomic E-state index is -0.305. The lowest BCUT2D eigenvalue weighted by Crippen LogP contribution is -2.27. The third kappa shape index (κ3) is 9.74. The van der Waals surface area contributed by atoms with Crippen molar-refractivity contribution >= 4 is 78.1 Å². The first-order valence-corrected chi connectivity index (χ1v) is 23.0. The number of pyridine rings is 4. The van der Waals surface area contributed by atoms with E-state index in [0.29, 0.717) is 33.7 Å². The van der Waals surface area contributed by atoms with Crippen molar-refractivity contribution in [2.75, 3.05) is 27.2 Å². The van der Waals surface area contributed by atoms with Crippen molar-refractivity contribution in [2.24, 2.45) is 0 Å². The molecule has 0 atom stereocenters. The van der Waals surface area contributed by atoms with Crippen LogP contribution in [0.4, 0.5) is 0 Å². The number of aromatic nitrogens is 12. The number of hydrogen-bond donors (Lipinski definition) is 1. The van der Waals surface area contributed by atoms with E-state index in [1.165, 1.54) is 26.5 Å². The number of Topliss-reactive ketones (excluding diaryl/α,β-unsaturated/α-hetero) is 2. The third-order valence-corrected chi connectivity index (χ3v) is 13.8. The lowest BCUT2D eigenvalue weighted by atomic mass is 9.88. The number of aryl methyl sites for hydroxylation is 2. The standard InChI is InChI=1S/C23H24ClN7OS.C21H19ClN6O2S.CH4/c1-14-29-20-19(23(4-5-23)13-30(2)3)16(12-26-22(20)33-14)10-17(32)8-15-9-18(24)21(25-11-15)31-27-6-7-28-31;1-12-27-18-17(21(11-29)2-3-21)14(10-24-20(18)31-12)8-15(30)6-13-7-16(22)19(23-9-13)28-25-4-5-26-28;/h6-7,9,11-12H,4-5,8,10,13H2,1-3H3;4-5,7,9-10,29H,2-3,6,8,11H2,1H3;1H4. The van der Waals surface area contributed by atoms with E-state index < -0.39 is 0 Å². The number of rotatable bonds is 15. The molecule has 8 aromatic heterocycles. The van der Waals surface area contributed by atoms with Crippen molar-refractivity contribution in [1.29, 1.82) is 0 Å². The van der Waals surface area contributed by atoms with Gasteiger partial charge in [0.15, 0.2) is 11.6 Å². The van der Waals surface area contributed by atoms with Gasteiger partial charge in [-0.1, -0.05) is 53.3 Å². The molecule has 0 radical (unpaired) electrons. The van der Waals surface area contributed by atoms with Crippen molar-refractivity contribution in [1.82, 2.24) is 64.8 Å². The molecule has 16 nitrogen and oxygen atoms in total. The zero-order chi connectivity index (χ0) is 44.8. The second-order valence-electron chi connectivity index (χ2n) is 16.8. The van der Waals surface area contributed by atoms with E-state index in [4.69, 9.17) is 28.2 Å². The Balaban J connectivity index is 0.000000175. The second kappa shape index (κ2) is 18.8. The Morgan fingerprint density at radius 3 is 1.45 bits per heavy atom. The van der Waals surface area contributed by atoms with Crippen LogP contribution in [0.5, 0.6) is 0 Å². The van der Waals surface area contributed by atoms with Crippen molar-refractivity contribution in [2.45, 2.75) is 83.5 Å². The zero-order valence-corrected chi connectivity index (χ0v) is 38.6. The Bertz CT molecular complexity index is 3020. The topological polar surface area (TPSA) is 196 Å². The van der Waals surface area contributed by atoms with Crippen molar-refractivity contribution < 1.29 is 14.7 Å². The summed E-state index contributed by atoms with van der Waals surface area (Å²) in [5.41, 5.74) is 7.00. The molecule has 0 saturated heterocycles. The monoisotopic (exact) mass is 951 g/mol. The molecule has 0 spiro atoms. The Labute approximate surface area is 393 Å². The van der Waals surface area contributed by atoms with Crippen LogP contribution in [0.1, 0.15) is 76.5 Å². The summed E-state index contributed by atoms with van der Waals surface area (Å²) < 4.78 is 0. The molecular formula is C45H47Cl2N13O3S2. The fourth-order valence-electron chi connectivity index (χ4n) is 8.46. The van der Waals surface area contributed by atoms with Crippen LogP contribution in [-0.4, -0.2) is 109 Å². The fraction of sp³-hybridized carbons (Fsp3) is 0.378. The van der Waals surface area contributed by atoms with Crippen LogP contribution in [-0.2, 0) is 46.1 Å². The van der Waals surface area contributed by atoms with Crippen LogP contribution in [0.25, 0.3) is 32.3 Å². The number of likely N-dealkylation sites (N-methyl/N-ethyl adjacent to an activating group) is 1. The number of hydrogen-bond acceptors (Lipinski definition) is 16. The van der Waals surface area contributed by atoms with Gasteiger partial charge in [0.05, 0.1) is 51.5 Å². The number of thiazole rings is 2. The maximum Gasteiger partial charge on any atom is 0.193 e. The fourth-order valence-corrected chi connectivity index (χ4v) is 10.5. The summed E-state index contributed by atoms with van der Waals surface area (Å²) in [6.45, 7) is 4.93. The predicted octanol–water partition coefficient (Wildman–Crippen LogP) is 7.22. The highest BCUT2D eigenvalue weighted by Crippen LogP contribution is 2.53. The highest BCUT2D eigenvalue weighted by atomic mass is 35.5. The van der Waals surface area contributed by atoms with Crippen LogP contribution >= 0.6 is 45.9 Å². The van der Waals surface area contributed by atoms with E-state index in [1.54, 1.807) is 66.8 Å². The van der Waals surface area contributed by atoms with Crippen LogP contribution < -0.4 is 0 Å². The average molecular weight is 953 g/mol. The van der Waals surface area contributed by atoms with Crippen molar-refractivity contribution in [3.8, 4) is 11.6 Å². The Hall–Kier alpha value is -5.50. The van der Waals surface area contributed by atoms with Gasteiger partial charge in [-0.25, -0.2) is 29.9 Å². The van der Waals surface area contributed by atoms with E-state index >= 15 is 0 Å². The van der Waals surface area contributed by atoms with Crippen LogP contribution in [0.15, 0.2) is 61.7 Å². The summed E-state index contributed by atoms with van der Waals surface area (Å²) in [6, 6.07) is 3.47. The molecular weight excluding hydrogens is 906 g/mol. The van der Waals surface area contributed by atoms with Gasteiger partial charge in [-0.2, -0.15) is 20.4 Å². The molecule has 2 aliphatic rings. The molecule has 2 fully saturated rings. The first kappa shape index (κ1) is 46.0. The Morgan fingerprint density at radius 2 is 1.08 bits per heavy atom. The molecule has 0 unspecified atom stereocenters. The van der Waals surface area contributed by atoms with Crippen molar-refractivity contribution in [3.05, 3.63) is 115 Å². The first-order chi connectivity index (χ1) is 30.8. The highest BCUT2D eigenvalue weighted by Gasteiger charge is 2.48. The number of carbonyl (C=O) groups excluding carboxylic acids is 2. The average Bonchev–Trinajstić information content (AvgIpc) is 3.80. The van der Waals surface area contributed by atoms with Crippen LogP contribution in [0.3, 0.4) is 0 Å². The third-order valence-electron chi connectivity index (χ3n) is 11.5. The summed E-state index contributed by atoms with van der Waals surface area (Å²) >= 11 is 15.8. The van der Waals surface area contributed by atoms with Gasteiger partial charge in [0, 0.05) is 67.8 Å². The van der Waals surface area contributed by atoms with Crippen LogP contribution in [0, 0.1) is 13.8 Å². The molecule has 1 N–H and O–H groups in total. The molecule has 2 saturated carbocycles. The number of halogens is 2. The van der Waals surface area contributed by atoms with E-state index in [0.717, 1.165) is 85.2 Å². The molecule has 8 heterocycles. The van der Waals surface area contributed by atoms with Gasteiger partial charge >= 0.3 is 0 Å². The van der Waals surface area contributed by atoms with Gasteiger partial charge in [-0.15, -0.1) is 9.59 Å². The summed E-state index contributed by atoms with van der Waals surface area (Å²) in [5, 5.41) is 28.9. The maximum absolute atomic E-state index is 13.1. The Kier molecular flexibility index (Phi) is 13.3. The molecule has 2 aliphatic carbocycles. The first-order valence-electron chi connectivity index (χ1n) is 20.7. The van der Waals surface area contributed by atoms with Gasteiger partial charge in [-0.3, -0.25) is 9.59 Å². The van der Waals surface area contributed by atoms with Crippen LogP contribution in [0.2, 0.25) is 10.0 Å². The second-order valence-corrected chi connectivity index (χ2v) is 19.9. The maximum atomic E-state index is 13.1. The van der Waals surface area contributed by atoms with Gasteiger partial charge in [-0.05, 0) is 99.1 Å². The van der Waals surface area contributed by atoms with E-state index in [9.17, 15) is 14.7 Å².